The van der Waals surface area contributed by atoms with E-state index in [0.717, 1.165) is 0 Å². The van der Waals surface area contributed by atoms with Crippen molar-refractivity contribution in [3.8, 4) is 0 Å². The summed E-state index contributed by atoms with van der Waals surface area (Å²) in [6.45, 7) is 10.5. The van der Waals surface area contributed by atoms with Crippen LogP contribution in [0, 0.1) is 0 Å². The first-order chi connectivity index (χ1) is 5.68. The average Bonchev–Trinajstić information content (AvgIpc) is 2.00. The van der Waals surface area contributed by atoms with Gasteiger partial charge >= 0.3 is 2.25 Å². The fourth-order valence-corrected chi connectivity index (χ4v) is 0.671. The SMILES string of the molecule is CC[N+](C)(CC)CC.Cl[B-](Cl)(Cl)I. The maximum absolute atomic E-state index is 5.11. The van der Waals surface area contributed by atoms with Gasteiger partial charge in [0.05, 0.1) is 26.7 Å². The summed E-state index contributed by atoms with van der Waals surface area (Å²) in [7, 11) is 2.29. The Bertz CT molecular complexity index is 111. The van der Waals surface area contributed by atoms with Gasteiger partial charge in [-0.2, -0.15) is 0 Å². The Morgan fingerprint density at radius 2 is 1.15 bits per heavy atom. The number of nitrogens with zero attached hydrogens (tertiary/aromatic N) is 1. The zero-order valence-electron chi connectivity index (χ0n) is 8.66. The molecule has 0 aliphatic rings. The molecule has 0 aromatic carbocycles. The minimum absolute atomic E-state index is 1.21. The normalized spacial score (nSPS) is 12.0. The van der Waals surface area contributed by atoms with Gasteiger partial charge in [0, 0.05) is 0 Å². The van der Waals surface area contributed by atoms with Crippen LogP contribution in [0.5, 0.6) is 0 Å². The van der Waals surface area contributed by atoms with E-state index in [-0.39, 0.29) is 0 Å². The van der Waals surface area contributed by atoms with Crippen molar-refractivity contribution in [3.05, 3.63) is 0 Å². The molecule has 0 N–H and O–H groups in total. The topological polar surface area (TPSA) is 0 Å². The first-order valence-corrected chi connectivity index (χ1v) is 6.95. The van der Waals surface area contributed by atoms with Gasteiger partial charge in [0.25, 0.3) is 0 Å². The van der Waals surface area contributed by atoms with Crippen molar-refractivity contribution in [2.75, 3.05) is 26.7 Å². The largest absolute Gasteiger partial charge is 0.338 e. The van der Waals surface area contributed by atoms with Gasteiger partial charge in [0.15, 0.2) is 0 Å². The van der Waals surface area contributed by atoms with Crippen molar-refractivity contribution in [2.45, 2.75) is 20.8 Å². The van der Waals surface area contributed by atoms with Crippen LogP contribution < -0.4 is 0 Å². The van der Waals surface area contributed by atoms with Gasteiger partial charge in [0.1, 0.15) is 0 Å². The molecule has 0 rings (SSSR count). The number of hydrogen-bond donors (Lipinski definition) is 0. The van der Waals surface area contributed by atoms with E-state index in [1.807, 2.05) is 0 Å². The molecular weight excluding hydrogens is 342 g/mol. The van der Waals surface area contributed by atoms with Crippen molar-refractivity contribution in [1.29, 1.82) is 0 Å². The average molecular weight is 360 g/mol. The predicted octanol–water partition coefficient (Wildman–Crippen LogP) is 4.07. The van der Waals surface area contributed by atoms with E-state index in [1.54, 1.807) is 22.4 Å². The number of quaternary nitrogens is 1. The highest BCUT2D eigenvalue weighted by Crippen LogP contribution is 2.26. The van der Waals surface area contributed by atoms with Gasteiger partial charge in [-0.3, -0.25) is 22.4 Å². The van der Waals surface area contributed by atoms with Crippen LogP contribution in [0.25, 0.3) is 0 Å². The molecule has 0 aliphatic heterocycles. The number of halogens is 4. The first kappa shape index (κ1) is 17.0. The number of hydrogen-bond acceptors (Lipinski definition) is 0. The second-order valence-electron chi connectivity index (χ2n) is 3.06. The summed E-state index contributed by atoms with van der Waals surface area (Å²) in [6.07, 6.45) is 0. The second-order valence-corrected chi connectivity index (χ2v) is 9.77. The highest BCUT2D eigenvalue weighted by Gasteiger charge is 2.10. The summed E-state index contributed by atoms with van der Waals surface area (Å²) in [5.41, 5.74) is 0. The molecule has 0 spiro atoms. The van der Waals surface area contributed by atoms with Crippen molar-refractivity contribution in [3.63, 3.8) is 0 Å². The Hall–Kier alpha value is 1.62. The summed E-state index contributed by atoms with van der Waals surface area (Å²) in [4.78, 5) is 0. The highest BCUT2D eigenvalue weighted by molar-refractivity contribution is 14.1. The minimum Gasteiger partial charge on any atom is -0.338 e. The van der Waals surface area contributed by atoms with E-state index in [1.165, 1.54) is 24.1 Å². The van der Waals surface area contributed by atoms with Crippen molar-refractivity contribution in [2.24, 2.45) is 0 Å². The third-order valence-electron chi connectivity index (χ3n) is 2.29. The van der Waals surface area contributed by atoms with Crippen LogP contribution in [0.1, 0.15) is 20.8 Å². The van der Waals surface area contributed by atoms with Gasteiger partial charge in [-0.1, -0.05) is 0 Å². The summed E-state index contributed by atoms with van der Waals surface area (Å²) >= 11 is 17.1. The third-order valence-corrected chi connectivity index (χ3v) is 2.29. The molecule has 0 unspecified atom stereocenters. The molecule has 0 amide bonds. The standard InChI is InChI=1S/C7H18N.BCl3I/c1-5-8(4,6-2)7-3;2-1(3,4)5/h5-7H2,1-4H3;/q+1;-1. The molecule has 1 nitrogen and oxygen atoms in total. The van der Waals surface area contributed by atoms with Crippen LogP contribution in [-0.4, -0.2) is 33.4 Å². The van der Waals surface area contributed by atoms with Gasteiger partial charge in [-0.25, -0.2) is 0 Å². The molecule has 6 heteroatoms. The van der Waals surface area contributed by atoms with E-state index >= 15 is 0 Å². The van der Waals surface area contributed by atoms with Gasteiger partial charge in [-0.05, 0) is 20.8 Å². The lowest BCUT2D eigenvalue weighted by Gasteiger charge is -2.30. The Labute approximate surface area is 110 Å². The summed E-state index contributed by atoms with van der Waals surface area (Å²) < 4.78 is -0.405. The quantitative estimate of drug-likeness (QED) is 0.404. The first-order valence-electron chi connectivity index (χ1n) is 4.39. The van der Waals surface area contributed by atoms with Crippen molar-refractivity contribution in [1.82, 2.24) is 0 Å². The van der Waals surface area contributed by atoms with Crippen LogP contribution in [0.2, 0.25) is 0 Å². The molecule has 0 heterocycles. The maximum Gasteiger partial charge on any atom is 0.303 e. The minimum atomic E-state index is -1.61. The molecule has 0 saturated carbocycles. The Balaban J connectivity index is 0. The monoisotopic (exact) mass is 359 g/mol. The zero-order valence-corrected chi connectivity index (χ0v) is 13.1. The summed E-state index contributed by atoms with van der Waals surface area (Å²) in [5.74, 6) is 0. The molecule has 0 aliphatic carbocycles. The molecule has 0 radical (unpaired) electrons. The van der Waals surface area contributed by atoms with Crippen LogP contribution in [0.4, 0.5) is 0 Å². The molecule has 82 valence electrons. The molecule has 0 saturated heterocycles. The third kappa shape index (κ3) is 16.3. The van der Waals surface area contributed by atoms with Crippen LogP contribution in [0.3, 0.4) is 0 Å². The van der Waals surface area contributed by atoms with E-state index in [9.17, 15) is 0 Å². The van der Waals surface area contributed by atoms with Gasteiger partial charge in [-0.15, -0.1) is 0 Å². The molecule has 0 atom stereocenters. The smallest absolute Gasteiger partial charge is 0.303 e. The number of rotatable bonds is 3. The van der Waals surface area contributed by atoms with E-state index in [4.69, 9.17) is 34.4 Å². The van der Waals surface area contributed by atoms with Crippen molar-refractivity contribution >= 4 is 59.0 Å². The second kappa shape index (κ2) is 7.86. The lowest BCUT2D eigenvalue weighted by molar-refractivity contribution is -0.904. The lowest BCUT2D eigenvalue weighted by Crippen LogP contribution is -2.42. The molecular formula is C7H18BCl3IN. The van der Waals surface area contributed by atoms with Crippen LogP contribution in [0.15, 0.2) is 0 Å². The summed E-state index contributed by atoms with van der Waals surface area (Å²) in [6, 6.07) is 0. The molecule has 13 heavy (non-hydrogen) atoms. The summed E-state index contributed by atoms with van der Waals surface area (Å²) in [5, 5.41) is 0. The van der Waals surface area contributed by atoms with Gasteiger partial charge < -0.3 is 38.9 Å². The molecule has 0 fully saturated rings. The van der Waals surface area contributed by atoms with E-state index < -0.39 is 2.25 Å². The van der Waals surface area contributed by atoms with Gasteiger partial charge in [0.2, 0.25) is 0 Å². The van der Waals surface area contributed by atoms with Crippen LogP contribution >= 0.6 is 56.8 Å². The fourth-order valence-electron chi connectivity index (χ4n) is 0.671. The Morgan fingerprint density at radius 3 is 1.15 bits per heavy atom. The van der Waals surface area contributed by atoms with E-state index in [2.05, 4.69) is 27.8 Å². The van der Waals surface area contributed by atoms with Crippen molar-refractivity contribution < 1.29 is 4.48 Å². The maximum atomic E-state index is 5.11. The highest BCUT2D eigenvalue weighted by atomic mass is 127. The molecule has 0 aromatic heterocycles. The zero-order chi connectivity index (χ0) is 11.1. The van der Waals surface area contributed by atoms with E-state index in [0.29, 0.717) is 0 Å². The lowest BCUT2D eigenvalue weighted by atomic mass is 10.4. The molecule has 0 aromatic rings. The molecule has 0 bridgehead atoms. The Morgan fingerprint density at radius 1 is 1.00 bits per heavy atom. The van der Waals surface area contributed by atoms with Crippen LogP contribution in [-0.2, 0) is 0 Å². The predicted molar refractivity (Wildman–Crippen MR) is 75.1 cm³/mol. The fraction of sp³-hybridized carbons (Fsp3) is 1.00. The Kier molecular flexibility index (Phi) is 10.3.